The summed E-state index contributed by atoms with van der Waals surface area (Å²) in [5.74, 6) is -0.456. The lowest BCUT2D eigenvalue weighted by molar-refractivity contribution is -0.394. The maximum absolute atomic E-state index is 10.4. The van der Waals surface area contributed by atoms with Gasteiger partial charge in [-0.25, -0.2) is 4.98 Å². The molecule has 2 heterocycles. The summed E-state index contributed by atoms with van der Waals surface area (Å²) in [5.41, 5.74) is 0.649. The van der Waals surface area contributed by atoms with Gasteiger partial charge in [-0.15, -0.1) is 0 Å². The SMILES string of the molecule is O=[N+]([O-])c1ncn(Cc2ccc(Cl)nc2Cl)n1. The van der Waals surface area contributed by atoms with E-state index in [4.69, 9.17) is 23.2 Å². The first kappa shape index (κ1) is 11.7. The van der Waals surface area contributed by atoms with Gasteiger partial charge >= 0.3 is 5.95 Å². The number of nitro groups is 1. The van der Waals surface area contributed by atoms with E-state index in [0.29, 0.717) is 5.56 Å². The molecular formula is C8H5Cl2N5O2. The van der Waals surface area contributed by atoms with Crippen molar-refractivity contribution < 1.29 is 4.92 Å². The van der Waals surface area contributed by atoms with E-state index in [1.807, 2.05) is 0 Å². The summed E-state index contributed by atoms with van der Waals surface area (Å²) in [6, 6.07) is 3.25. The van der Waals surface area contributed by atoms with Gasteiger partial charge < -0.3 is 10.1 Å². The smallest absolute Gasteiger partial charge is 0.390 e. The second kappa shape index (κ2) is 4.64. The molecule has 0 aromatic carbocycles. The van der Waals surface area contributed by atoms with E-state index in [1.165, 1.54) is 11.0 Å². The Kier molecular flexibility index (Phi) is 3.21. The molecule has 0 fully saturated rings. The molecule has 2 aromatic heterocycles. The van der Waals surface area contributed by atoms with Crippen LogP contribution in [0.15, 0.2) is 18.5 Å². The highest BCUT2D eigenvalue weighted by molar-refractivity contribution is 6.32. The zero-order valence-corrected chi connectivity index (χ0v) is 9.76. The van der Waals surface area contributed by atoms with E-state index in [2.05, 4.69) is 15.1 Å². The van der Waals surface area contributed by atoms with Crippen LogP contribution in [0.3, 0.4) is 0 Å². The third kappa shape index (κ3) is 2.69. The van der Waals surface area contributed by atoms with Crippen molar-refractivity contribution in [2.45, 2.75) is 6.54 Å². The molecule has 17 heavy (non-hydrogen) atoms. The van der Waals surface area contributed by atoms with Gasteiger partial charge in [0.15, 0.2) is 0 Å². The summed E-state index contributed by atoms with van der Waals surface area (Å²) in [6.45, 7) is 0.240. The van der Waals surface area contributed by atoms with Crippen LogP contribution >= 0.6 is 23.2 Å². The Hall–Kier alpha value is -1.73. The molecule has 0 spiro atoms. The van der Waals surface area contributed by atoms with Crippen LogP contribution in [0.2, 0.25) is 10.3 Å². The second-order valence-electron chi connectivity index (χ2n) is 3.08. The van der Waals surface area contributed by atoms with Crippen LogP contribution < -0.4 is 0 Å². The van der Waals surface area contributed by atoms with Gasteiger partial charge in [0, 0.05) is 10.7 Å². The summed E-state index contributed by atoms with van der Waals surface area (Å²) < 4.78 is 1.30. The minimum atomic E-state index is -0.668. The minimum absolute atomic E-state index is 0.232. The van der Waals surface area contributed by atoms with Gasteiger partial charge in [-0.3, -0.25) is 0 Å². The Morgan fingerprint density at radius 1 is 1.41 bits per heavy atom. The zero-order chi connectivity index (χ0) is 12.4. The molecule has 0 saturated heterocycles. The third-order valence-electron chi connectivity index (χ3n) is 1.91. The zero-order valence-electron chi connectivity index (χ0n) is 8.25. The van der Waals surface area contributed by atoms with Crippen LogP contribution in [-0.4, -0.2) is 24.7 Å². The molecule has 9 heteroatoms. The Labute approximate surface area is 105 Å². The Morgan fingerprint density at radius 3 is 2.76 bits per heavy atom. The summed E-state index contributed by atoms with van der Waals surface area (Å²) in [4.78, 5) is 17.1. The fraction of sp³-hybridized carbons (Fsp3) is 0.125. The monoisotopic (exact) mass is 273 g/mol. The van der Waals surface area contributed by atoms with Gasteiger partial charge in [0.1, 0.15) is 10.3 Å². The maximum atomic E-state index is 10.4. The molecule has 0 radical (unpaired) electrons. The van der Waals surface area contributed by atoms with Crippen LogP contribution in [0, 0.1) is 10.1 Å². The second-order valence-corrected chi connectivity index (χ2v) is 3.83. The van der Waals surface area contributed by atoms with E-state index in [0.717, 1.165) is 0 Å². The number of rotatable bonds is 3. The summed E-state index contributed by atoms with van der Waals surface area (Å²) in [7, 11) is 0. The topological polar surface area (TPSA) is 86.7 Å². The van der Waals surface area contributed by atoms with Crippen LogP contribution in [0.5, 0.6) is 0 Å². The molecule has 0 atom stereocenters. The van der Waals surface area contributed by atoms with Crippen molar-refractivity contribution in [3.8, 4) is 0 Å². The molecule has 0 aliphatic heterocycles. The lowest BCUT2D eigenvalue weighted by atomic mass is 10.3. The van der Waals surface area contributed by atoms with Gasteiger partial charge in [-0.05, 0) is 11.0 Å². The molecule has 88 valence electrons. The molecule has 7 nitrogen and oxygen atoms in total. The average molecular weight is 274 g/mol. The normalized spacial score (nSPS) is 10.5. The number of hydrogen-bond acceptors (Lipinski definition) is 5. The van der Waals surface area contributed by atoms with Crippen LogP contribution in [0.25, 0.3) is 0 Å². The molecule has 2 aromatic rings. The molecule has 0 unspecified atom stereocenters. The van der Waals surface area contributed by atoms with E-state index >= 15 is 0 Å². The highest BCUT2D eigenvalue weighted by Crippen LogP contribution is 2.17. The molecule has 0 N–H and O–H groups in total. The number of pyridine rings is 1. The fourth-order valence-corrected chi connectivity index (χ4v) is 1.58. The number of halogens is 2. The van der Waals surface area contributed by atoms with E-state index < -0.39 is 10.9 Å². The molecule has 2 rings (SSSR count). The van der Waals surface area contributed by atoms with Crippen molar-refractivity contribution >= 4 is 29.2 Å². The van der Waals surface area contributed by atoms with E-state index in [9.17, 15) is 10.1 Å². The molecule has 0 bridgehead atoms. The molecule has 0 amide bonds. The molecular weight excluding hydrogens is 269 g/mol. The van der Waals surface area contributed by atoms with Gasteiger partial charge in [0.2, 0.25) is 6.33 Å². The number of aromatic nitrogens is 4. The first-order valence-electron chi connectivity index (χ1n) is 4.41. The van der Waals surface area contributed by atoms with E-state index in [-0.39, 0.29) is 16.9 Å². The van der Waals surface area contributed by atoms with Crippen molar-refractivity contribution in [2.75, 3.05) is 0 Å². The predicted molar refractivity (Wildman–Crippen MR) is 60.0 cm³/mol. The highest BCUT2D eigenvalue weighted by atomic mass is 35.5. The van der Waals surface area contributed by atoms with Crippen molar-refractivity contribution in [2.24, 2.45) is 0 Å². The molecule has 0 saturated carbocycles. The van der Waals surface area contributed by atoms with Crippen LogP contribution in [-0.2, 0) is 6.54 Å². The van der Waals surface area contributed by atoms with Crippen LogP contribution in [0.1, 0.15) is 5.56 Å². The lowest BCUT2D eigenvalue weighted by Crippen LogP contribution is -2.02. The van der Waals surface area contributed by atoms with E-state index in [1.54, 1.807) is 12.1 Å². The summed E-state index contributed by atoms with van der Waals surface area (Å²) >= 11 is 11.5. The third-order valence-corrected chi connectivity index (χ3v) is 2.45. The lowest BCUT2D eigenvalue weighted by Gasteiger charge is -2.00. The average Bonchev–Trinajstić information content (AvgIpc) is 2.71. The van der Waals surface area contributed by atoms with Gasteiger partial charge in [0.25, 0.3) is 0 Å². The fourth-order valence-electron chi connectivity index (χ4n) is 1.18. The van der Waals surface area contributed by atoms with Crippen molar-refractivity contribution in [3.05, 3.63) is 44.4 Å². The molecule has 0 aliphatic carbocycles. The maximum Gasteiger partial charge on any atom is 0.490 e. The summed E-state index contributed by atoms with van der Waals surface area (Å²) in [5, 5.41) is 14.6. The molecule has 0 aliphatic rings. The number of nitrogens with zero attached hydrogens (tertiary/aromatic N) is 5. The highest BCUT2D eigenvalue weighted by Gasteiger charge is 2.14. The van der Waals surface area contributed by atoms with Crippen molar-refractivity contribution in [1.29, 1.82) is 0 Å². The van der Waals surface area contributed by atoms with Crippen molar-refractivity contribution in [3.63, 3.8) is 0 Å². The Morgan fingerprint density at radius 2 is 2.18 bits per heavy atom. The largest absolute Gasteiger partial charge is 0.490 e. The Bertz CT molecular complexity index is 571. The minimum Gasteiger partial charge on any atom is -0.390 e. The van der Waals surface area contributed by atoms with Gasteiger partial charge in [0.05, 0.1) is 6.54 Å². The number of hydrogen-bond donors (Lipinski definition) is 0. The summed E-state index contributed by atoms with van der Waals surface area (Å²) in [6.07, 6.45) is 1.25. The first-order valence-corrected chi connectivity index (χ1v) is 5.16. The van der Waals surface area contributed by atoms with Gasteiger partial charge in [-0.1, -0.05) is 34.3 Å². The predicted octanol–water partition coefficient (Wildman–Crippen LogP) is 1.94. The van der Waals surface area contributed by atoms with Crippen LogP contribution in [0.4, 0.5) is 5.95 Å². The van der Waals surface area contributed by atoms with Gasteiger partial charge in [-0.2, -0.15) is 4.68 Å². The quantitative estimate of drug-likeness (QED) is 0.485. The standard InChI is InChI=1S/C8H5Cl2N5O2/c9-6-2-1-5(7(10)12-6)3-14-4-11-8(13-14)15(16)17/h1-2,4H,3H2. The first-order chi connectivity index (χ1) is 8.06. The Balaban J connectivity index is 2.22. The van der Waals surface area contributed by atoms with Crippen molar-refractivity contribution in [1.82, 2.24) is 19.7 Å².